The van der Waals surface area contributed by atoms with Crippen molar-refractivity contribution in [2.75, 3.05) is 5.32 Å². The van der Waals surface area contributed by atoms with E-state index in [1.165, 1.54) is 0 Å². The molecule has 0 aliphatic carbocycles. The van der Waals surface area contributed by atoms with Crippen LogP contribution < -0.4 is 5.32 Å². The lowest BCUT2D eigenvalue weighted by atomic mass is 9.82. The third kappa shape index (κ3) is 4.83. The summed E-state index contributed by atoms with van der Waals surface area (Å²) in [6.45, 7) is 0. The Morgan fingerprint density at radius 1 is 0.585 bits per heavy atom. The molecule has 0 atom stereocenters. The van der Waals surface area contributed by atoms with Gasteiger partial charge < -0.3 is 10.4 Å². The summed E-state index contributed by atoms with van der Waals surface area (Å²) in [6.07, 6.45) is 0. The van der Waals surface area contributed by atoms with Crippen molar-refractivity contribution in [3.05, 3.63) is 124 Å². The van der Waals surface area contributed by atoms with Gasteiger partial charge in [0.15, 0.2) is 5.54 Å². The zero-order valence-electron chi connectivity index (χ0n) is 21.1. The second-order valence-electron chi connectivity index (χ2n) is 9.41. The predicted molar refractivity (Wildman–Crippen MR) is 171 cm³/mol. The molecule has 0 saturated carbocycles. The fourth-order valence-electron chi connectivity index (χ4n) is 5.09. The van der Waals surface area contributed by atoms with Gasteiger partial charge in [0.05, 0.1) is 0 Å². The molecular formula is C32H19Cl2NO2S4. The summed E-state index contributed by atoms with van der Waals surface area (Å²) in [5.41, 5.74) is 0.166. The average molecular weight is 649 g/mol. The topological polar surface area (TPSA) is 49.3 Å². The molecule has 2 aliphatic heterocycles. The highest BCUT2D eigenvalue weighted by molar-refractivity contribution is 8.05. The Labute approximate surface area is 264 Å². The van der Waals surface area contributed by atoms with E-state index in [2.05, 4.69) is 41.7 Å². The first-order valence-corrected chi connectivity index (χ1v) is 16.6. The number of anilines is 1. The number of carboxylic acid groups (broad SMARTS) is 1. The Bertz CT molecular complexity index is 1740. The molecule has 5 aromatic rings. The number of fused-ring (bicyclic) bond motifs is 4. The van der Waals surface area contributed by atoms with Crippen molar-refractivity contribution in [1.82, 2.24) is 0 Å². The molecule has 2 aliphatic rings. The number of nitrogens with one attached hydrogen (secondary N) is 1. The van der Waals surface area contributed by atoms with Crippen molar-refractivity contribution in [2.24, 2.45) is 0 Å². The lowest BCUT2D eigenvalue weighted by Crippen LogP contribution is -2.45. The van der Waals surface area contributed by atoms with Crippen LogP contribution in [0.5, 0.6) is 0 Å². The van der Waals surface area contributed by atoms with Crippen molar-refractivity contribution in [1.29, 1.82) is 0 Å². The Hall–Kier alpha value is -2.65. The third-order valence-electron chi connectivity index (χ3n) is 6.84. The first-order valence-electron chi connectivity index (χ1n) is 12.6. The minimum absolute atomic E-state index is 0.419. The lowest BCUT2D eigenvalue weighted by Gasteiger charge is -2.37. The van der Waals surface area contributed by atoms with E-state index < -0.39 is 11.5 Å². The fraction of sp³-hybridized carbons (Fsp3) is 0.0312. The number of benzene rings is 5. The molecule has 0 radical (unpaired) electrons. The lowest BCUT2D eigenvalue weighted by molar-refractivity contribution is -0.141. The Balaban J connectivity index is 1.49. The van der Waals surface area contributed by atoms with E-state index in [4.69, 9.17) is 23.2 Å². The van der Waals surface area contributed by atoms with E-state index in [1.54, 1.807) is 65.2 Å². The Kier molecular flexibility index (Phi) is 7.22. The van der Waals surface area contributed by atoms with Crippen molar-refractivity contribution in [3.63, 3.8) is 0 Å². The maximum Gasteiger partial charge on any atom is 0.338 e. The maximum absolute atomic E-state index is 13.9. The monoisotopic (exact) mass is 647 g/mol. The summed E-state index contributed by atoms with van der Waals surface area (Å²) in [6, 6.07) is 33.3. The van der Waals surface area contributed by atoms with Crippen LogP contribution in [-0.2, 0) is 10.3 Å². The average Bonchev–Trinajstić information content (AvgIpc) is 2.96. The van der Waals surface area contributed by atoms with Crippen LogP contribution >= 0.6 is 70.2 Å². The molecule has 0 aromatic heterocycles. The number of halogens is 2. The van der Waals surface area contributed by atoms with Crippen molar-refractivity contribution in [3.8, 4) is 0 Å². The summed E-state index contributed by atoms with van der Waals surface area (Å²) in [4.78, 5) is 22.2. The van der Waals surface area contributed by atoms with Gasteiger partial charge in [0.2, 0.25) is 0 Å². The molecule has 0 amide bonds. The number of aliphatic carboxylic acids is 1. The number of hydrogen-bond acceptors (Lipinski definition) is 6. The van der Waals surface area contributed by atoms with Crippen LogP contribution in [-0.4, -0.2) is 11.1 Å². The Morgan fingerprint density at radius 2 is 1.00 bits per heavy atom. The standard InChI is InChI=1S/C32H19Cl2NO2S4/c33-18-15-19(34)17-20(16-18)35-32(31(36)37,21-7-5-13-27-29(21)40-25-11-3-1-9-23(25)38-27)22-8-6-14-28-30(22)41-26-12-4-2-10-24(26)39-28/h1-17,35H,(H,36,37). The molecule has 5 aromatic carbocycles. The molecule has 41 heavy (non-hydrogen) atoms. The maximum atomic E-state index is 13.9. The van der Waals surface area contributed by atoms with Crippen molar-refractivity contribution >= 4 is 81.9 Å². The summed E-state index contributed by atoms with van der Waals surface area (Å²) in [5.74, 6) is -1.02. The van der Waals surface area contributed by atoms with Crippen LogP contribution in [0.2, 0.25) is 10.0 Å². The zero-order valence-corrected chi connectivity index (χ0v) is 25.8. The molecule has 2 heterocycles. The summed E-state index contributed by atoms with van der Waals surface area (Å²) >= 11 is 19.3. The minimum Gasteiger partial charge on any atom is -0.479 e. The van der Waals surface area contributed by atoms with Crippen LogP contribution in [0.1, 0.15) is 11.1 Å². The smallest absolute Gasteiger partial charge is 0.338 e. The molecule has 0 saturated heterocycles. The fourth-order valence-corrected chi connectivity index (χ4v) is 10.5. The van der Waals surface area contributed by atoms with Gasteiger partial charge in [-0.25, -0.2) is 4.79 Å². The van der Waals surface area contributed by atoms with Crippen molar-refractivity contribution < 1.29 is 9.90 Å². The molecule has 0 bridgehead atoms. The third-order valence-corrected chi connectivity index (χ3v) is 12.5. The van der Waals surface area contributed by atoms with Crippen LogP contribution in [0.15, 0.2) is 142 Å². The van der Waals surface area contributed by atoms with E-state index in [-0.39, 0.29) is 0 Å². The number of carbonyl (C=O) groups is 1. The summed E-state index contributed by atoms with van der Waals surface area (Å²) < 4.78 is 0. The van der Waals surface area contributed by atoms with E-state index in [0.29, 0.717) is 26.9 Å². The van der Waals surface area contributed by atoms with Gasteiger partial charge in [-0.05, 0) is 54.6 Å². The predicted octanol–water partition coefficient (Wildman–Crippen LogP) is 10.7. The molecule has 2 N–H and O–H groups in total. The highest BCUT2D eigenvalue weighted by Crippen LogP contribution is 2.56. The molecule has 0 fully saturated rings. The number of carboxylic acids is 1. The number of hydrogen-bond donors (Lipinski definition) is 2. The van der Waals surface area contributed by atoms with E-state index in [0.717, 1.165) is 39.2 Å². The van der Waals surface area contributed by atoms with E-state index in [1.807, 2.05) is 48.5 Å². The first kappa shape index (κ1) is 27.2. The van der Waals surface area contributed by atoms with Crippen molar-refractivity contribution in [2.45, 2.75) is 44.7 Å². The SMILES string of the molecule is O=C(O)C(Nc1cc(Cl)cc(Cl)c1)(c1cccc2c1Sc1ccccc1S2)c1cccc2c1Sc1ccccc1S2. The molecule has 3 nitrogen and oxygen atoms in total. The van der Waals surface area contributed by atoms with Gasteiger partial charge in [-0.15, -0.1) is 0 Å². The first-order chi connectivity index (χ1) is 19.9. The van der Waals surface area contributed by atoms with Gasteiger partial charge in [0.1, 0.15) is 0 Å². The molecule has 202 valence electrons. The molecule has 7 rings (SSSR count). The second-order valence-corrected chi connectivity index (χ2v) is 14.6. The van der Waals surface area contributed by atoms with Crippen LogP contribution in [0.4, 0.5) is 5.69 Å². The second kappa shape index (κ2) is 10.9. The van der Waals surface area contributed by atoms with Gasteiger partial charge >= 0.3 is 5.97 Å². The van der Waals surface area contributed by atoms with Gasteiger partial charge in [-0.1, -0.05) is 119 Å². The van der Waals surface area contributed by atoms with Crippen LogP contribution in [0.25, 0.3) is 0 Å². The van der Waals surface area contributed by atoms with Gasteiger partial charge in [0, 0.05) is 66.0 Å². The normalized spacial score (nSPS) is 13.4. The molecule has 9 heteroatoms. The van der Waals surface area contributed by atoms with E-state index in [9.17, 15) is 9.90 Å². The highest BCUT2D eigenvalue weighted by atomic mass is 35.5. The van der Waals surface area contributed by atoms with Gasteiger partial charge in [-0.3, -0.25) is 0 Å². The highest BCUT2D eigenvalue weighted by Gasteiger charge is 2.47. The minimum atomic E-state index is -1.66. The summed E-state index contributed by atoms with van der Waals surface area (Å²) in [7, 11) is 0. The van der Waals surface area contributed by atoms with Gasteiger partial charge in [0.25, 0.3) is 0 Å². The molecule has 0 unspecified atom stereocenters. The largest absolute Gasteiger partial charge is 0.479 e. The van der Waals surface area contributed by atoms with Crippen LogP contribution in [0, 0.1) is 0 Å². The molecule has 0 spiro atoms. The van der Waals surface area contributed by atoms with Gasteiger partial charge in [-0.2, -0.15) is 0 Å². The van der Waals surface area contributed by atoms with Crippen LogP contribution in [0.3, 0.4) is 0 Å². The number of rotatable bonds is 5. The zero-order chi connectivity index (χ0) is 28.1. The van der Waals surface area contributed by atoms with E-state index >= 15 is 0 Å². The molecular weight excluding hydrogens is 630 g/mol. The Morgan fingerprint density at radius 3 is 1.44 bits per heavy atom. The summed E-state index contributed by atoms with van der Waals surface area (Å²) in [5, 5.41) is 15.6. The quantitative estimate of drug-likeness (QED) is 0.193.